The molecule has 0 aliphatic rings. The zero-order valence-electron chi connectivity index (χ0n) is 13.7. The van der Waals surface area contributed by atoms with E-state index in [1.165, 1.54) is 42.4 Å². The molecule has 0 fully saturated rings. The Morgan fingerprint density at radius 2 is 1.74 bits per heavy atom. The van der Waals surface area contributed by atoms with Crippen molar-refractivity contribution in [3.63, 3.8) is 0 Å². The summed E-state index contributed by atoms with van der Waals surface area (Å²) in [7, 11) is -3.71. The molecular formula is C15H22N2O5S. The van der Waals surface area contributed by atoms with Crippen LogP contribution in [0.2, 0.25) is 0 Å². The highest BCUT2D eigenvalue weighted by molar-refractivity contribution is 7.89. The summed E-state index contributed by atoms with van der Waals surface area (Å²) in [6.07, 6.45) is 0. The highest BCUT2D eigenvalue weighted by Crippen LogP contribution is 2.20. The molecule has 0 bridgehead atoms. The molecule has 0 unspecified atom stereocenters. The Balaban J connectivity index is 2.96. The maximum atomic E-state index is 12.7. The molecule has 1 aromatic carbocycles. The Morgan fingerprint density at radius 3 is 2.17 bits per heavy atom. The molecule has 1 amide bonds. The van der Waals surface area contributed by atoms with E-state index in [1.54, 1.807) is 13.8 Å². The van der Waals surface area contributed by atoms with Gasteiger partial charge in [0.2, 0.25) is 15.9 Å². The van der Waals surface area contributed by atoms with Gasteiger partial charge in [-0.05, 0) is 38.1 Å². The van der Waals surface area contributed by atoms with E-state index in [9.17, 15) is 18.0 Å². The van der Waals surface area contributed by atoms with Crippen LogP contribution in [0.5, 0.6) is 0 Å². The summed E-state index contributed by atoms with van der Waals surface area (Å²) in [5.74, 6) is -0.684. The van der Waals surface area contributed by atoms with E-state index in [0.29, 0.717) is 5.69 Å². The van der Waals surface area contributed by atoms with Gasteiger partial charge in [-0.1, -0.05) is 0 Å². The molecule has 0 heterocycles. The van der Waals surface area contributed by atoms with Gasteiger partial charge in [-0.15, -0.1) is 0 Å². The number of hydrogen-bond acceptors (Lipinski definition) is 5. The zero-order chi connectivity index (χ0) is 17.6. The Hall–Kier alpha value is -1.93. The second-order valence-electron chi connectivity index (χ2n) is 5.26. The molecule has 0 radical (unpaired) electrons. The second kappa shape index (κ2) is 8.07. The van der Waals surface area contributed by atoms with Gasteiger partial charge in [-0.3, -0.25) is 9.59 Å². The average Bonchev–Trinajstić information content (AvgIpc) is 2.42. The maximum absolute atomic E-state index is 12.7. The first-order valence-electron chi connectivity index (χ1n) is 7.17. The Labute approximate surface area is 136 Å². The quantitative estimate of drug-likeness (QED) is 0.760. The van der Waals surface area contributed by atoms with Crippen molar-refractivity contribution in [2.45, 2.75) is 38.6 Å². The molecule has 0 aliphatic carbocycles. The minimum atomic E-state index is -3.71. The molecule has 7 nitrogen and oxygen atoms in total. The van der Waals surface area contributed by atoms with E-state index < -0.39 is 16.0 Å². The molecule has 1 aromatic rings. The summed E-state index contributed by atoms with van der Waals surface area (Å²) in [6, 6.07) is 5.63. The standard InChI is InChI=1S/C15H22N2O5S/c1-11(2)17(9-10-22-13(4)19)23(20,21)15-7-5-14(6-8-15)16-12(3)18/h5-8,11H,9-10H2,1-4H3,(H,16,18). The zero-order valence-corrected chi connectivity index (χ0v) is 14.5. The number of carbonyl (C=O) groups is 2. The van der Waals surface area contributed by atoms with Crippen LogP contribution in [0.15, 0.2) is 29.2 Å². The predicted molar refractivity (Wildman–Crippen MR) is 86.4 cm³/mol. The third-order valence-corrected chi connectivity index (χ3v) is 5.06. The number of carbonyl (C=O) groups excluding carboxylic acids is 2. The fourth-order valence-corrected chi connectivity index (χ4v) is 3.60. The van der Waals surface area contributed by atoms with Gasteiger partial charge in [0.1, 0.15) is 6.61 Å². The van der Waals surface area contributed by atoms with E-state index in [1.807, 2.05) is 0 Å². The number of benzene rings is 1. The molecule has 0 aromatic heterocycles. The van der Waals surface area contributed by atoms with Crippen LogP contribution >= 0.6 is 0 Å². The number of ether oxygens (including phenoxy) is 1. The first-order chi connectivity index (χ1) is 10.6. The van der Waals surface area contributed by atoms with Crippen LogP contribution in [0.25, 0.3) is 0 Å². The molecule has 1 N–H and O–H groups in total. The van der Waals surface area contributed by atoms with E-state index in [0.717, 1.165) is 0 Å². The summed E-state index contributed by atoms with van der Waals surface area (Å²) < 4.78 is 31.5. The molecule has 0 saturated heterocycles. The molecular weight excluding hydrogens is 320 g/mol. The first kappa shape index (κ1) is 19.1. The average molecular weight is 342 g/mol. The van der Waals surface area contributed by atoms with Crippen molar-refractivity contribution in [2.75, 3.05) is 18.5 Å². The number of sulfonamides is 1. The largest absolute Gasteiger partial charge is 0.464 e. The van der Waals surface area contributed by atoms with Crippen LogP contribution in [-0.4, -0.2) is 43.8 Å². The van der Waals surface area contributed by atoms with Crippen molar-refractivity contribution in [3.05, 3.63) is 24.3 Å². The molecule has 0 spiro atoms. The number of hydrogen-bond donors (Lipinski definition) is 1. The molecule has 23 heavy (non-hydrogen) atoms. The van der Waals surface area contributed by atoms with Crippen molar-refractivity contribution >= 4 is 27.6 Å². The summed E-state index contributed by atoms with van der Waals surface area (Å²) in [5, 5.41) is 2.58. The Kier molecular flexibility index (Phi) is 6.71. The van der Waals surface area contributed by atoms with E-state index in [4.69, 9.17) is 4.74 Å². The van der Waals surface area contributed by atoms with Crippen molar-refractivity contribution in [3.8, 4) is 0 Å². The van der Waals surface area contributed by atoms with Crippen LogP contribution in [0, 0.1) is 0 Å². The van der Waals surface area contributed by atoms with E-state index in [-0.39, 0.29) is 30.0 Å². The van der Waals surface area contributed by atoms with Gasteiger partial charge in [0, 0.05) is 32.1 Å². The Morgan fingerprint density at radius 1 is 1.17 bits per heavy atom. The van der Waals surface area contributed by atoms with Gasteiger partial charge in [0.25, 0.3) is 0 Å². The molecule has 8 heteroatoms. The first-order valence-corrected chi connectivity index (χ1v) is 8.61. The summed E-state index contributed by atoms with van der Waals surface area (Å²) in [4.78, 5) is 21.9. The molecule has 0 saturated carbocycles. The van der Waals surface area contributed by atoms with Crippen LogP contribution in [0.4, 0.5) is 5.69 Å². The monoisotopic (exact) mass is 342 g/mol. The van der Waals surface area contributed by atoms with E-state index in [2.05, 4.69) is 5.32 Å². The van der Waals surface area contributed by atoms with E-state index >= 15 is 0 Å². The van der Waals surface area contributed by atoms with Gasteiger partial charge in [0.05, 0.1) is 4.90 Å². The fraction of sp³-hybridized carbons (Fsp3) is 0.467. The van der Waals surface area contributed by atoms with Gasteiger partial charge in [-0.2, -0.15) is 4.31 Å². The van der Waals surface area contributed by atoms with Crippen molar-refractivity contribution < 1.29 is 22.7 Å². The lowest BCUT2D eigenvalue weighted by Crippen LogP contribution is -2.39. The lowest BCUT2D eigenvalue weighted by atomic mass is 10.3. The van der Waals surface area contributed by atoms with Crippen LogP contribution < -0.4 is 5.32 Å². The topological polar surface area (TPSA) is 92.8 Å². The molecule has 0 aliphatic heterocycles. The number of anilines is 1. The van der Waals surface area contributed by atoms with Gasteiger partial charge in [-0.25, -0.2) is 8.42 Å². The molecule has 128 valence electrons. The number of esters is 1. The third kappa shape index (κ3) is 5.65. The third-order valence-electron chi connectivity index (χ3n) is 2.97. The van der Waals surface area contributed by atoms with Crippen molar-refractivity contribution in [1.29, 1.82) is 0 Å². The summed E-state index contributed by atoms with van der Waals surface area (Å²) in [6.45, 7) is 6.22. The molecule has 0 atom stereocenters. The summed E-state index contributed by atoms with van der Waals surface area (Å²) in [5.41, 5.74) is 0.521. The highest BCUT2D eigenvalue weighted by atomic mass is 32.2. The van der Waals surface area contributed by atoms with Gasteiger partial charge >= 0.3 is 5.97 Å². The van der Waals surface area contributed by atoms with Crippen LogP contribution in [0.1, 0.15) is 27.7 Å². The number of rotatable bonds is 7. The lowest BCUT2D eigenvalue weighted by Gasteiger charge is -2.25. The minimum Gasteiger partial charge on any atom is -0.464 e. The highest BCUT2D eigenvalue weighted by Gasteiger charge is 2.27. The van der Waals surface area contributed by atoms with Crippen molar-refractivity contribution in [1.82, 2.24) is 4.31 Å². The van der Waals surface area contributed by atoms with Crippen LogP contribution in [-0.2, 0) is 24.3 Å². The van der Waals surface area contributed by atoms with Crippen LogP contribution in [0.3, 0.4) is 0 Å². The molecule has 1 rings (SSSR count). The SMILES string of the molecule is CC(=O)Nc1ccc(S(=O)(=O)N(CCOC(C)=O)C(C)C)cc1. The lowest BCUT2D eigenvalue weighted by molar-refractivity contribution is -0.141. The minimum absolute atomic E-state index is 0.00325. The predicted octanol–water partition coefficient (Wildman–Crippen LogP) is 1.61. The smallest absolute Gasteiger partial charge is 0.302 e. The second-order valence-corrected chi connectivity index (χ2v) is 7.15. The summed E-state index contributed by atoms with van der Waals surface area (Å²) >= 11 is 0. The maximum Gasteiger partial charge on any atom is 0.302 e. The van der Waals surface area contributed by atoms with Gasteiger partial charge in [0.15, 0.2) is 0 Å². The van der Waals surface area contributed by atoms with Crippen molar-refractivity contribution in [2.24, 2.45) is 0 Å². The number of amides is 1. The Bertz CT molecular complexity index is 653. The fourth-order valence-electron chi connectivity index (χ4n) is 1.98. The number of nitrogens with zero attached hydrogens (tertiary/aromatic N) is 1. The van der Waals surface area contributed by atoms with Gasteiger partial charge < -0.3 is 10.1 Å². The number of nitrogens with one attached hydrogen (secondary N) is 1. The normalized spacial score (nSPS) is 11.6.